The first-order valence-electron chi connectivity index (χ1n) is 9.72. The Kier molecular flexibility index (Phi) is 4.94. The van der Waals surface area contributed by atoms with Crippen LogP contribution in [0.4, 0.5) is 11.4 Å². The number of rotatable bonds is 3. The molecule has 2 aromatic rings. The minimum atomic E-state index is -0.208. The number of methoxy groups -OCH3 is 1. The lowest BCUT2D eigenvalue weighted by atomic mass is 10.0. The predicted molar refractivity (Wildman–Crippen MR) is 109 cm³/mol. The van der Waals surface area contributed by atoms with E-state index in [1.54, 1.807) is 25.3 Å². The van der Waals surface area contributed by atoms with E-state index >= 15 is 0 Å². The topological polar surface area (TPSA) is 61.9 Å². The van der Waals surface area contributed by atoms with E-state index in [4.69, 9.17) is 4.74 Å². The Morgan fingerprint density at radius 1 is 1.14 bits per heavy atom. The Morgan fingerprint density at radius 3 is 2.82 bits per heavy atom. The molecule has 6 nitrogen and oxygen atoms in total. The third-order valence-corrected chi connectivity index (χ3v) is 5.63. The first-order valence-corrected chi connectivity index (χ1v) is 9.72. The molecule has 2 amide bonds. The van der Waals surface area contributed by atoms with Crippen molar-refractivity contribution in [1.82, 2.24) is 4.90 Å². The molecule has 0 aliphatic carbocycles. The lowest BCUT2D eigenvalue weighted by molar-refractivity contribution is 0.0661. The number of carbonyl (C=O) groups excluding carboxylic acids is 2. The van der Waals surface area contributed by atoms with Crippen molar-refractivity contribution in [3.05, 3.63) is 53.6 Å². The van der Waals surface area contributed by atoms with E-state index in [-0.39, 0.29) is 18.0 Å². The van der Waals surface area contributed by atoms with Gasteiger partial charge in [0, 0.05) is 30.9 Å². The molecule has 6 heteroatoms. The molecule has 0 aromatic heterocycles. The van der Waals surface area contributed by atoms with Crippen LogP contribution in [0.25, 0.3) is 0 Å². The normalized spacial score (nSPS) is 18.8. The zero-order valence-corrected chi connectivity index (χ0v) is 16.3. The highest BCUT2D eigenvalue weighted by Crippen LogP contribution is 2.34. The van der Waals surface area contributed by atoms with E-state index in [9.17, 15) is 9.59 Å². The average molecular weight is 379 g/mol. The van der Waals surface area contributed by atoms with Gasteiger partial charge in [0.2, 0.25) is 0 Å². The molecule has 0 bridgehead atoms. The number of hydrogen-bond donors (Lipinski definition) is 1. The van der Waals surface area contributed by atoms with Gasteiger partial charge in [0.15, 0.2) is 0 Å². The summed E-state index contributed by atoms with van der Waals surface area (Å²) in [5, 5.41) is 2.90. The van der Waals surface area contributed by atoms with Crippen LogP contribution in [0.15, 0.2) is 42.5 Å². The quantitative estimate of drug-likeness (QED) is 0.883. The fourth-order valence-corrected chi connectivity index (χ4v) is 4.10. The Hall–Kier alpha value is -3.02. The van der Waals surface area contributed by atoms with Crippen LogP contribution in [0.2, 0.25) is 0 Å². The molecule has 0 saturated carbocycles. The number of carbonyl (C=O) groups is 2. The van der Waals surface area contributed by atoms with Crippen LogP contribution in [0.5, 0.6) is 5.75 Å². The van der Waals surface area contributed by atoms with Crippen molar-refractivity contribution < 1.29 is 14.3 Å². The largest absolute Gasteiger partial charge is 0.497 e. The number of ether oxygens (including phenoxy) is 1. The molecule has 0 unspecified atom stereocenters. The second-order valence-electron chi connectivity index (χ2n) is 7.36. The van der Waals surface area contributed by atoms with E-state index in [0.717, 1.165) is 37.9 Å². The van der Waals surface area contributed by atoms with Gasteiger partial charge in [-0.25, -0.2) is 0 Å². The van der Waals surface area contributed by atoms with E-state index in [1.807, 2.05) is 36.2 Å². The fraction of sp³-hybridized carbons (Fsp3) is 0.364. The molecule has 146 valence electrons. The Bertz CT molecular complexity index is 912. The Balaban J connectivity index is 1.61. The van der Waals surface area contributed by atoms with Crippen molar-refractivity contribution in [2.75, 3.05) is 30.9 Å². The third kappa shape index (κ3) is 3.30. The zero-order chi connectivity index (χ0) is 19.7. The molecule has 1 atom stereocenters. The summed E-state index contributed by atoms with van der Waals surface area (Å²) in [4.78, 5) is 29.9. The molecule has 0 spiro atoms. The lowest BCUT2D eigenvalue weighted by Gasteiger charge is -2.43. The molecule has 2 aromatic carbocycles. The third-order valence-electron chi connectivity index (χ3n) is 5.63. The zero-order valence-electron chi connectivity index (χ0n) is 16.3. The van der Waals surface area contributed by atoms with Gasteiger partial charge in [0.1, 0.15) is 11.9 Å². The van der Waals surface area contributed by atoms with Crippen molar-refractivity contribution in [2.45, 2.75) is 31.8 Å². The van der Waals surface area contributed by atoms with Gasteiger partial charge in [0.25, 0.3) is 11.8 Å². The molecular weight excluding hydrogens is 354 g/mol. The summed E-state index contributed by atoms with van der Waals surface area (Å²) in [7, 11) is 3.60. The molecule has 1 N–H and O–H groups in total. The summed E-state index contributed by atoms with van der Waals surface area (Å²) in [6, 6.07) is 12.6. The van der Waals surface area contributed by atoms with Crippen molar-refractivity contribution in [3.8, 4) is 5.75 Å². The summed E-state index contributed by atoms with van der Waals surface area (Å²) < 4.78 is 5.20. The molecule has 28 heavy (non-hydrogen) atoms. The van der Waals surface area contributed by atoms with Gasteiger partial charge < -0.3 is 19.9 Å². The number of hydrogen-bond acceptors (Lipinski definition) is 4. The molecule has 2 heterocycles. The van der Waals surface area contributed by atoms with Crippen LogP contribution in [0.3, 0.4) is 0 Å². The molecule has 0 radical (unpaired) electrons. The minimum absolute atomic E-state index is 0.0687. The van der Waals surface area contributed by atoms with Gasteiger partial charge in [0.05, 0.1) is 18.4 Å². The molecule has 2 aliphatic heterocycles. The fourth-order valence-electron chi connectivity index (χ4n) is 4.10. The van der Waals surface area contributed by atoms with Crippen LogP contribution in [-0.4, -0.2) is 43.6 Å². The second-order valence-corrected chi connectivity index (χ2v) is 7.36. The Morgan fingerprint density at radius 2 is 2.00 bits per heavy atom. The number of benzene rings is 2. The van der Waals surface area contributed by atoms with Crippen LogP contribution < -0.4 is 15.0 Å². The molecule has 1 fully saturated rings. The maximum absolute atomic E-state index is 13.0. The van der Waals surface area contributed by atoms with Crippen molar-refractivity contribution in [2.24, 2.45) is 0 Å². The maximum Gasteiger partial charge on any atom is 0.257 e. The van der Waals surface area contributed by atoms with Gasteiger partial charge in [-0.2, -0.15) is 0 Å². The summed E-state index contributed by atoms with van der Waals surface area (Å²) in [5.41, 5.74) is 2.69. The van der Waals surface area contributed by atoms with Crippen molar-refractivity contribution in [3.63, 3.8) is 0 Å². The summed E-state index contributed by atoms with van der Waals surface area (Å²) in [6.07, 6.45) is 4.34. The monoisotopic (exact) mass is 379 g/mol. The lowest BCUT2D eigenvalue weighted by Crippen LogP contribution is -2.53. The summed E-state index contributed by atoms with van der Waals surface area (Å²) >= 11 is 0. The molecular formula is C22H25N3O3. The minimum Gasteiger partial charge on any atom is -0.497 e. The van der Waals surface area contributed by atoms with Gasteiger partial charge in [-0.3, -0.25) is 9.59 Å². The SMILES string of the molecule is COc1cccc(NC(=O)c2ccc3c(c2)N(C)[C@@H]2CCCCCN2C3=O)c1. The number of nitrogens with one attached hydrogen (secondary N) is 1. The van der Waals surface area contributed by atoms with E-state index in [0.29, 0.717) is 22.6 Å². The van der Waals surface area contributed by atoms with Crippen LogP contribution >= 0.6 is 0 Å². The highest BCUT2D eigenvalue weighted by molar-refractivity contribution is 6.08. The maximum atomic E-state index is 13.0. The molecule has 2 aliphatic rings. The van der Waals surface area contributed by atoms with Gasteiger partial charge >= 0.3 is 0 Å². The molecule has 1 saturated heterocycles. The number of fused-ring (bicyclic) bond motifs is 2. The summed E-state index contributed by atoms with van der Waals surface area (Å²) in [5.74, 6) is 0.543. The van der Waals surface area contributed by atoms with Crippen LogP contribution in [0, 0.1) is 0 Å². The van der Waals surface area contributed by atoms with Crippen LogP contribution in [-0.2, 0) is 0 Å². The van der Waals surface area contributed by atoms with E-state index in [1.165, 1.54) is 0 Å². The smallest absolute Gasteiger partial charge is 0.257 e. The standard InChI is InChI=1S/C22H25N3O3/c1-24-19-13-15(21(26)23-16-7-6-8-17(14-16)28-2)10-11-18(19)22(27)25-12-5-3-4-9-20(24)25/h6-8,10-11,13-14,20H,3-5,9,12H2,1-2H3,(H,23,26)/t20-/m0/s1. The second kappa shape index (κ2) is 7.54. The summed E-state index contributed by atoms with van der Waals surface area (Å²) in [6.45, 7) is 0.797. The first-order chi connectivity index (χ1) is 13.6. The number of anilines is 2. The highest BCUT2D eigenvalue weighted by atomic mass is 16.5. The molecule has 4 rings (SSSR count). The van der Waals surface area contributed by atoms with Crippen molar-refractivity contribution in [1.29, 1.82) is 0 Å². The predicted octanol–water partition coefficient (Wildman–Crippen LogP) is 3.74. The van der Waals surface area contributed by atoms with Gasteiger partial charge in [-0.1, -0.05) is 12.5 Å². The van der Waals surface area contributed by atoms with Gasteiger partial charge in [-0.15, -0.1) is 0 Å². The highest BCUT2D eigenvalue weighted by Gasteiger charge is 2.36. The van der Waals surface area contributed by atoms with E-state index in [2.05, 4.69) is 10.2 Å². The number of amides is 2. The number of nitrogens with zero attached hydrogens (tertiary/aromatic N) is 2. The van der Waals surface area contributed by atoms with Crippen LogP contribution in [0.1, 0.15) is 46.4 Å². The Labute approximate surface area is 165 Å². The van der Waals surface area contributed by atoms with E-state index < -0.39 is 0 Å². The first kappa shape index (κ1) is 18.3. The average Bonchev–Trinajstić information content (AvgIpc) is 2.98. The van der Waals surface area contributed by atoms with Crippen molar-refractivity contribution >= 4 is 23.2 Å². The van der Waals surface area contributed by atoms with Gasteiger partial charge in [-0.05, 0) is 49.6 Å².